The van der Waals surface area contributed by atoms with E-state index >= 15 is 0 Å². The molecular formula is C25H18N2O5S. The Labute approximate surface area is 195 Å². The normalized spacial score (nSPS) is 15.2. The summed E-state index contributed by atoms with van der Waals surface area (Å²) in [5.41, 5.74) is 1.56. The van der Waals surface area contributed by atoms with Gasteiger partial charge in [0.2, 0.25) is 6.79 Å². The van der Waals surface area contributed by atoms with Crippen LogP contribution in [0.1, 0.15) is 5.56 Å². The monoisotopic (exact) mass is 458 g/mol. The summed E-state index contributed by atoms with van der Waals surface area (Å²) < 4.78 is 16.3. The molecule has 2 aliphatic heterocycles. The molecule has 2 aliphatic rings. The second kappa shape index (κ2) is 8.40. The van der Waals surface area contributed by atoms with Crippen molar-refractivity contribution in [1.29, 1.82) is 0 Å². The Bertz CT molecular complexity index is 1230. The summed E-state index contributed by atoms with van der Waals surface area (Å²) in [7, 11) is 1.51. The summed E-state index contributed by atoms with van der Waals surface area (Å²) in [6, 6.07) is 21.3. The van der Waals surface area contributed by atoms with Crippen LogP contribution in [0.3, 0.4) is 0 Å². The molecule has 0 bridgehead atoms. The molecule has 0 saturated carbocycles. The van der Waals surface area contributed by atoms with Gasteiger partial charge in [0.05, 0.1) is 18.5 Å². The summed E-state index contributed by atoms with van der Waals surface area (Å²) >= 11 is 5.62. The van der Waals surface area contributed by atoms with Gasteiger partial charge < -0.3 is 14.2 Å². The van der Waals surface area contributed by atoms with Crippen LogP contribution in [0.15, 0.2) is 78.4 Å². The molecule has 2 amide bonds. The van der Waals surface area contributed by atoms with E-state index in [2.05, 4.69) is 0 Å². The molecule has 5 rings (SSSR count). The molecule has 0 radical (unpaired) electrons. The third-order valence-electron chi connectivity index (χ3n) is 5.30. The standard InChI is InChI=1S/C25H18N2O5S/c1-30-20-14-22-21(31-15-32-22)13-16(20)12-19-23(28)26(17-8-4-2-5-9-17)25(33)27(24(19)29)18-10-6-3-7-11-18/h2-14H,15H2,1H3. The molecular weight excluding hydrogens is 440 g/mol. The zero-order chi connectivity index (χ0) is 22.9. The maximum atomic E-state index is 13.6. The molecule has 8 heteroatoms. The Hall–Kier alpha value is -4.17. The van der Waals surface area contributed by atoms with Crippen LogP contribution in [0.25, 0.3) is 6.08 Å². The van der Waals surface area contributed by atoms with E-state index in [-0.39, 0.29) is 17.5 Å². The fourth-order valence-electron chi connectivity index (χ4n) is 3.72. The van der Waals surface area contributed by atoms with Gasteiger partial charge in [-0.2, -0.15) is 0 Å². The van der Waals surface area contributed by atoms with E-state index in [1.54, 1.807) is 60.7 Å². The maximum absolute atomic E-state index is 13.6. The molecule has 0 aromatic heterocycles. The lowest BCUT2D eigenvalue weighted by molar-refractivity contribution is -0.120. The van der Waals surface area contributed by atoms with E-state index < -0.39 is 11.8 Å². The smallest absolute Gasteiger partial charge is 0.270 e. The minimum Gasteiger partial charge on any atom is -0.496 e. The van der Waals surface area contributed by atoms with Crippen LogP contribution in [0, 0.1) is 0 Å². The van der Waals surface area contributed by atoms with Crippen LogP contribution in [-0.2, 0) is 9.59 Å². The van der Waals surface area contributed by atoms with Gasteiger partial charge in [0.15, 0.2) is 16.6 Å². The van der Waals surface area contributed by atoms with Gasteiger partial charge in [-0.3, -0.25) is 19.4 Å². The molecule has 3 aromatic rings. The van der Waals surface area contributed by atoms with Crippen LogP contribution in [0.4, 0.5) is 11.4 Å². The summed E-state index contributed by atoms with van der Waals surface area (Å²) in [4.78, 5) is 29.9. The van der Waals surface area contributed by atoms with Crippen molar-refractivity contribution in [1.82, 2.24) is 0 Å². The highest BCUT2D eigenvalue weighted by molar-refractivity contribution is 7.81. The van der Waals surface area contributed by atoms with E-state index in [9.17, 15) is 9.59 Å². The number of carbonyl (C=O) groups is 2. The highest BCUT2D eigenvalue weighted by Crippen LogP contribution is 2.39. The number of carbonyl (C=O) groups excluding carboxylic acids is 2. The number of benzene rings is 3. The highest BCUT2D eigenvalue weighted by atomic mass is 32.1. The Balaban J connectivity index is 1.67. The van der Waals surface area contributed by atoms with Crippen molar-refractivity contribution in [2.24, 2.45) is 0 Å². The number of hydrogen-bond acceptors (Lipinski definition) is 6. The Morgan fingerprint density at radius 3 is 1.88 bits per heavy atom. The number of fused-ring (bicyclic) bond motifs is 1. The van der Waals surface area contributed by atoms with Crippen LogP contribution < -0.4 is 24.0 Å². The predicted octanol–water partition coefficient (Wildman–Crippen LogP) is 4.17. The van der Waals surface area contributed by atoms with Crippen molar-refractivity contribution in [3.63, 3.8) is 0 Å². The first kappa shape index (κ1) is 20.7. The maximum Gasteiger partial charge on any atom is 0.270 e. The lowest BCUT2D eigenvalue weighted by Gasteiger charge is -2.36. The van der Waals surface area contributed by atoms with E-state index in [4.69, 9.17) is 26.4 Å². The topological polar surface area (TPSA) is 68.3 Å². The lowest BCUT2D eigenvalue weighted by atomic mass is 10.0. The molecule has 164 valence electrons. The van der Waals surface area contributed by atoms with Gasteiger partial charge in [-0.1, -0.05) is 36.4 Å². The van der Waals surface area contributed by atoms with Crippen molar-refractivity contribution >= 4 is 46.6 Å². The minimum absolute atomic E-state index is 0.0616. The first-order valence-electron chi connectivity index (χ1n) is 10.1. The molecule has 0 aliphatic carbocycles. The molecule has 0 N–H and O–H groups in total. The molecule has 1 fully saturated rings. The zero-order valence-corrected chi connectivity index (χ0v) is 18.4. The van der Waals surface area contributed by atoms with Crippen molar-refractivity contribution in [2.75, 3.05) is 23.7 Å². The number of anilines is 2. The first-order valence-corrected chi connectivity index (χ1v) is 10.5. The van der Waals surface area contributed by atoms with Gasteiger partial charge in [0, 0.05) is 11.6 Å². The summed E-state index contributed by atoms with van der Waals surface area (Å²) in [6.45, 7) is 0.0915. The fourth-order valence-corrected chi connectivity index (χ4v) is 4.10. The van der Waals surface area contributed by atoms with Crippen molar-refractivity contribution < 1.29 is 23.8 Å². The summed E-state index contributed by atoms with van der Waals surface area (Å²) in [5, 5.41) is 0.0807. The third kappa shape index (κ3) is 3.60. The molecule has 0 spiro atoms. The van der Waals surface area contributed by atoms with Gasteiger partial charge in [0.25, 0.3) is 11.8 Å². The molecule has 3 aromatic carbocycles. The molecule has 0 atom stereocenters. The Morgan fingerprint density at radius 2 is 1.36 bits per heavy atom. The first-order chi connectivity index (χ1) is 16.1. The van der Waals surface area contributed by atoms with Crippen LogP contribution in [0.5, 0.6) is 17.2 Å². The van der Waals surface area contributed by atoms with E-state index in [0.29, 0.717) is 34.2 Å². The van der Waals surface area contributed by atoms with Crippen LogP contribution >= 0.6 is 12.2 Å². The molecule has 7 nitrogen and oxygen atoms in total. The number of thiocarbonyl (C=S) groups is 1. The number of nitrogens with zero attached hydrogens (tertiary/aromatic N) is 2. The Morgan fingerprint density at radius 1 is 0.848 bits per heavy atom. The van der Waals surface area contributed by atoms with Crippen LogP contribution in [-0.4, -0.2) is 30.8 Å². The van der Waals surface area contributed by atoms with Crippen molar-refractivity contribution in [3.05, 3.63) is 83.9 Å². The number of rotatable bonds is 4. The molecule has 2 heterocycles. The second-order valence-electron chi connectivity index (χ2n) is 7.24. The van der Waals surface area contributed by atoms with Gasteiger partial charge in [-0.25, -0.2) is 0 Å². The summed E-state index contributed by atoms with van der Waals surface area (Å²) in [6.07, 6.45) is 1.50. The molecule has 33 heavy (non-hydrogen) atoms. The van der Waals surface area contributed by atoms with Gasteiger partial charge >= 0.3 is 0 Å². The van der Waals surface area contributed by atoms with E-state index in [1.807, 2.05) is 12.1 Å². The van der Waals surface area contributed by atoms with E-state index in [0.717, 1.165) is 0 Å². The minimum atomic E-state index is -0.525. The molecule has 0 unspecified atom stereocenters. The fraction of sp³-hybridized carbons (Fsp3) is 0.0800. The van der Waals surface area contributed by atoms with Crippen molar-refractivity contribution in [2.45, 2.75) is 0 Å². The van der Waals surface area contributed by atoms with Gasteiger partial charge in [0.1, 0.15) is 11.3 Å². The summed E-state index contributed by atoms with van der Waals surface area (Å²) in [5.74, 6) is 0.436. The quantitative estimate of drug-likeness (QED) is 0.332. The number of para-hydroxylation sites is 2. The SMILES string of the molecule is COc1cc2c(cc1C=C1C(=O)N(c3ccccc3)C(=S)N(c3ccccc3)C1=O)OCO2. The average molecular weight is 458 g/mol. The average Bonchev–Trinajstić information content (AvgIpc) is 3.30. The molecule has 1 saturated heterocycles. The lowest BCUT2D eigenvalue weighted by Crippen LogP contribution is -2.56. The second-order valence-corrected chi connectivity index (χ2v) is 7.61. The Kier molecular flexibility index (Phi) is 5.27. The predicted molar refractivity (Wildman–Crippen MR) is 128 cm³/mol. The number of ether oxygens (including phenoxy) is 3. The number of hydrogen-bond donors (Lipinski definition) is 0. The van der Waals surface area contributed by atoms with Crippen molar-refractivity contribution in [3.8, 4) is 17.2 Å². The number of methoxy groups -OCH3 is 1. The third-order valence-corrected chi connectivity index (χ3v) is 5.67. The van der Waals surface area contributed by atoms with Gasteiger partial charge in [-0.05, 0) is 48.6 Å². The largest absolute Gasteiger partial charge is 0.496 e. The number of amides is 2. The zero-order valence-electron chi connectivity index (χ0n) is 17.6. The van der Waals surface area contributed by atoms with E-state index in [1.165, 1.54) is 23.0 Å². The van der Waals surface area contributed by atoms with Gasteiger partial charge in [-0.15, -0.1) is 0 Å². The van der Waals surface area contributed by atoms with Crippen LogP contribution in [0.2, 0.25) is 0 Å². The highest BCUT2D eigenvalue weighted by Gasteiger charge is 2.41.